The predicted octanol–water partition coefficient (Wildman–Crippen LogP) is 3.93. The van der Waals surface area contributed by atoms with Crippen LogP contribution in [-0.4, -0.2) is 41.8 Å². The van der Waals surface area contributed by atoms with Gasteiger partial charge in [-0.1, -0.05) is 42.2 Å². The number of nitrogens with one attached hydrogen (secondary N) is 1. The number of rotatable bonds is 7. The first-order chi connectivity index (χ1) is 14.0. The first-order valence-electron chi connectivity index (χ1n) is 8.83. The lowest BCUT2D eigenvalue weighted by Crippen LogP contribution is -2.31. The van der Waals surface area contributed by atoms with Crippen molar-refractivity contribution < 1.29 is 19.1 Å². The fourth-order valence-electron chi connectivity index (χ4n) is 2.71. The Morgan fingerprint density at radius 1 is 1.14 bits per heavy atom. The van der Waals surface area contributed by atoms with E-state index in [4.69, 9.17) is 21.7 Å². The third kappa shape index (κ3) is 5.36. The van der Waals surface area contributed by atoms with Gasteiger partial charge in [0.25, 0.3) is 5.91 Å². The van der Waals surface area contributed by atoms with Gasteiger partial charge in [0.05, 0.1) is 19.1 Å². The van der Waals surface area contributed by atoms with E-state index in [0.717, 1.165) is 5.56 Å². The summed E-state index contributed by atoms with van der Waals surface area (Å²) in [6, 6.07) is 14.5. The van der Waals surface area contributed by atoms with Gasteiger partial charge in [-0.25, -0.2) is 0 Å². The van der Waals surface area contributed by atoms with E-state index in [9.17, 15) is 9.59 Å². The van der Waals surface area contributed by atoms with Gasteiger partial charge in [0.15, 0.2) is 0 Å². The number of methoxy groups -OCH3 is 2. The van der Waals surface area contributed by atoms with Gasteiger partial charge in [-0.05, 0) is 35.9 Å². The van der Waals surface area contributed by atoms with Crippen molar-refractivity contribution in [1.82, 2.24) is 4.90 Å². The van der Waals surface area contributed by atoms with Crippen molar-refractivity contribution in [3.05, 3.63) is 59.0 Å². The molecule has 0 spiro atoms. The quantitative estimate of drug-likeness (QED) is 0.532. The SMILES string of the molecule is COc1cccc(/C=C2\SC(=S)N(CCC(=O)Nc3cccc(OC)c3)C2=O)c1. The molecule has 0 atom stereocenters. The summed E-state index contributed by atoms with van der Waals surface area (Å²) in [5, 5.41) is 2.80. The van der Waals surface area contributed by atoms with Crippen LogP contribution in [0.2, 0.25) is 0 Å². The highest BCUT2D eigenvalue weighted by Gasteiger charge is 2.32. The normalized spacial score (nSPS) is 15.0. The van der Waals surface area contributed by atoms with Crippen LogP contribution in [0.1, 0.15) is 12.0 Å². The van der Waals surface area contributed by atoms with Crippen LogP contribution in [0, 0.1) is 0 Å². The van der Waals surface area contributed by atoms with Crippen molar-refractivity contribution in [2.45, 2.75) is 6.42 Å². The summed E-state index contributed by atoms with van der Waals surface area (Å²) in [6.07, 6.45) is 1.91. The van der Waals surface area contributed by atoms with Crippen LogP contribution >= 0.6 is 24.0 Å². The van der Waals surface area contributed by atoms with Crippen LogP contribution in [-0.2, 0) is 9.59 Å². The van der Waals surface area contributed by atoms with E-state index >= 15 is 0 Å². The Balaban J connectivity index is 1.61. The number of carbonyl (C=O) groups is 2. The first-order valence-corrected chi connectivity index (χ1v) is 10.1. The summed E-state index contributed by atoms with van der Waals surface area (Å²) in [6.45, 7) is 0.218. The van der Waals surface area contributed by atoms with Crippen molar-refractivity contribution >= 4 is 51.9 Å². The van der Waals surface area contributed by atoms with E-state index in [0.29, 0.717) is 26.4 Å². The minimum absolute atomic E-state index is 0.135. The highest BCUT2D eigenvalue weighted by molar-refractivity contribution is 8.26. The molecule has 0 bridgehead atoms. The first kappa shape index (κ1) is 20.9. The number of benzene rings is 2. The van der Waals surface area contributed by atoms with Gasteiger partial charge in [0.2, 0.25) is 5.91 Å². The zero-order valence-corrected chi connectivity index (χ0v) is 17.6. The van der Waals surface area contributed by atoms with Crippen LogP contribution < -0.4 is 14.8 Å². The van der Waals surface area contributed by atoms with E-state index in [1.54, 1.807) is 44.6 Å². The predicted molar refractivity (Wildman–Crippen MR) is 119 cm³/mol. The van der Waals surface area contributed by atoms with E-state index in [1.165, 1.54) is 16.7 Å². The molecule has 29 heavy (non-hydrogen) atoms. The van der Waals surface area contributed by atoms with Gasteiger partial charge in [0, 0.05) is 24.7 Å². The molecule has 1 aliphatic heterocycles. The summed E-state index contributed by atoms with van der Waals surface area (Å²) in [5.41, 5.74) is 1.48. The van der Waals surface area contributed by atoms with E-state index < -0.39 is 0 Å². The monoisotopic (exact) mass is 428 g/mol. The zero-order chi connectivity index (χ0) is 20.8. The maximum absolute atomic E-state index is 12.7. The largest absolute Gasteiger partial charge is 0.497 e. The number of thiocarbonyl (C=S) groups is 1. The van der Waals surface area contributed by atoms with Gasteiger partial charge in [-0.2, -0.15) is 0 Å². The topological polar surface area (TPSA) is 67.9 Å². The third-order valence-corrected chi connectivity index (χ3v) is 5.56. The Morgan fingerprint density at radius 3 is 2.55 bits per heavy atom. The molecular weight excluding hydrogens is 408 g/mol. The molecule has 1 N–H and O–H groups in total. The zero-order valence-electron chi connectivity index (χ0n) is 16.0. The standard InChI is InChI=1S/C21H20N2O4S2/c1-26-16-7-3-5-14(11-16)12-18-20(25)23(21(28)29-18)10-9-19(24)22-15-6-4-8-17(13-15)27-2/h3-8,11-13H,9-10H2,1-2H3,(H,22,24)/b18-12-. The number of nitrogens with zero attached hydrogens (tertiary/aromatic N) is 1. The van der Waals surface area contributed by atoms with Crippen molar-refractivity contribution in [3.8, 4) is 11.5 Å². The van der Waals surface area contributed by atoms with E-state index in [-0.39, 0.29) is 24.8 Å². The molecule has 0 aliphatic carbocycles. The number of amides is 2. The maximum atomic E-state index is 12.7. The molecule has 0 unspecified atom stereocenters. The van der Waals surface area contributed by atoms with E-state index in [2.05, 4.69) is 5.32 Å². The minimum atomic E-state index is -0.205. The van der Waals surface area contributed by atoms with Crippen LogP contribution in [0.25, 0.3) is 6.08 Å². The van der Waals surface area contributed by atoms with Crippen LogP contribution in [0.15, 0.2) is 53.4 Å². The Kier molecular flexibility index (Phi) is 6.90. The molecule has 6 nitrogen and oxygen atoms in total. The Labute approximate surface area is 178 Å². The van der Waals surface area contributed by atoms with Gasteiger partial charge in [0.1, 0.15) is 15.8 Å². The number of thioether (sulfide) groups is 1. The maximum Gasteiger partial charge on any atom is 0.266 e. The second kappa shape index (κ2) is 9.58. The molecule has 2 aromatic carbocycles. The molecule has 0 aromatic heterocycles. The second-order valence-electron chi connectivity index (χ2n) is 6.14. The second-order valence-corrected chi connectivity index (χ2v) is 7.82. The number of ether oxygens (including phenoxy) is 2. The number of anilines is 1. The Bertz CT molecular complexity index is 975. The average molecular weight is 429 g/mol. The summed E-state index contributed by atoms with van der Waals surface area (Å²) in [4.78, 5) is 26.9. The molecule has 1 aliphatic rings. The molecule has 1 heterocycles. The highest BCUT2D eigenvalue weighted by Crippen LogP contribution is 2.33. The molecule has 1 fully saturated rings. The minimum Gasteiger partial charge on any atom is -0.497 e. The summed E-state index contributed by atoms with van der Waals surface area (Å²) >= 11 is 6.56. The fraction of sp³-hybridized carbons (Fsp3) is 0.190. The fourth-order valence-corrected chi connectivity index (χ4v) is 4.02. The van der Waals surface area contributed by atoms with Crippen molar-refractivity contribution in [2.24, 2.45) is 0 Å². The lowest BCUT2D eigenvalue weighted by Gasteiger charge is -2.14. The van der Waals surface area contributed by atoms with Crippen molar-refractivity contribution in [2.75, 3.05) is 26.1 Å². The highest BCUT2D eigenvalue weighted by atomic mass is 32.2. The molecule has 1 saturated heterocycles. The molecule has 0 saturated carbocycles. The molecule has 3 rings (SSSR count). The summed E-state index contributed by atoms with van der Waals surface area (Å²) in [5.74, 6) is 0.965. The molecule has 150 valence electrons. The summed E-state index contributed by atoms with van der Waals surface area (Å²) < 4.78 is 10.8. The molecule has 2 aromatic rings. The number of carbonyl (C=O) groups excluding carboxylic acids is 2. The lowest BCUT2D eigenvalue weighted by molar-refractivity contribution is -0.122. The van der Waals surface area contributed by atoms with Crippen molar-refractivity contribution in [1.29, 1.82) is 0 Å². The van der Waals surface area contributed by atoms with Crippen LogP contribution in [0.4, 0.5) is 5.69 Å². The van der Waals surface area contributed by atoms with Gasteiger partial charge in [-0.3, -0.25) is 14.5 Å². The van der Waals surface area contributed by atoms with Crippen LogP contribution in [0.5, 0.6) is 11.5 Å². The molecule has 0 radical (unpaired) electrons. The smallest absolute Gasteiger partial charge is 0.266 e. The third-order valence-electron chi connectivity index (χ3n) is 4.18. The summed E-state index contributed by atoms with van der Waals surface area (Å²) in [7, 11) is 3.16. The van der Waals surface area contributed by atoms with Gasteiger partial charge in [-0.15, -0.1) is 0 Å². The van der Waals surface area contributed by atoms with Crippen molar-refractivity contribution in [3.63, 3.8) is 0 Å². The average Bonchev–Trinajstić information content (AvgIpc) is 2.99. The van der Waals surface area contributed by atoms with Gasteiger partial charge >= 0.3 is 0 Å². The number of hydrogen-bond acceptors (Lipinski definition) is 6. The lowest BCUT2D eigenvalue weighted by atomic mass is 10.2. The number of hydrogen-bond donors (Lipinski definition) is 1. The van der Waals surface area contributed by atoms with E-state index in [1.807, 2.05) is 24.3 Å². The Morgan fingerprint density at radius 2 is 1.83 bits per heavy atom. The molecular formula is C21H20N2O4S2. The van der Waals surface area contributed by atoms with Crippen LogP contribution in [0.3, 0.4) is 0 Å². The molecule has 8 heteroatoms. The van der Waals surface area contributed by atoms with Gasteiger partial charge < -0.3 is 14.8 Å². The Hall–Kier alpha value is -2.84. The molecule has 2 amide bonds.